The number of rotatable bonds is 7. The highest BCUT2D eigenvalue weighted by molar-refractivity contribution is 6.06. The van der Waals surface area contributed by atoms with Gasteiger partial charge in [-0.25, -0.2) is 14.2 Å². The first kappa shape index (κ1) is 22.7. The van der Waals surface area contributed by atoms with Crippen LogP contribution in [0.4, 0.5) is 10.1 Å². The summed E-state index contributed by atoms with van der Waals surface area (Å²) in [6, 6.07) is 14.5. The molecular formula is C24H23FN2O5. The Labute approximate surface area is 184 Å². The van der Waals surface area contributed by atoms with Gasteiger partial charge >= 0.3 is 5.97 Å². The number of amides is 1. The van der Waals surface area contributed by atoms with E-state index in [0.29, 0.717) is 22.9 Å². The fourth-order valence-corrected chi connectivity index (χ4v) is 2.85. The van der Waals surface area contributed by atoms with Gasteiger partial charge in [0.1, 0.15) is 22.9 Å². The Bertz CT molecular complexity index is 1110. The summed E-state index contributed by atoms with van der Waals surface area (Å²) < 4.78 is 23.1. The number of anilines is 1. The minimum Gasteiger partial charge on any atom is -0.477 e. The molecule has 0 saturated carbocycles. The maximum absolute atomic E-state index is 12.9. The number of aromatic carboxylic acids is 1. The normalized spacial score (nSPS) is 11.0. The number of halogens is 1. The van der Waals surface area contributed by atoms with Gasteiger partial charge in [-0.05, 0) is 59.5 Å². The summed E-state index contributed by atoms with van der Waals surface area (Å²) in [4.78, 5) is 27.7. The topological polar surface area (TPSA) is 97.8 Å². The summed E-state index contributed by atoms with van der Waals surface area (Å²) in [6.07, 6.45) is 1.27. The molecule has 7 nitrogen and oxygen atoms in total. The molecule has 1 amide bonds. The fourth-order valence-electron chi connectivity index (χ4n) is 2.85. The molecule has 0 bridgehead atoms. The molecule has 0 aliphatic rings. The molecule has 1 heterocycles. The van der Waals surface area contributed by atoms with Crippen molar-refractivity contribution in [3.05, 3.63) is 77.6 Å². The van der Waals surface area contributed by atoms with E-state index < -0.39 is 18.7 Å². The summed E-state index contributed by atoms with van der Waals surface area (Å²) in [5.74, 6) is -0.450. The number of alkyl halides is 1. The first-order chi connectivity index (χ1) is 15.2. The molecule has 3 rings (SSSR count). The van der Waals surface area contributed by atoms with Crippen LogP contribution in [0.25, 0.3) is 0 Å². The molecule has 166 valence electrons. The first-order valence-corrected chi connectivity index (χ1v) is 9.79. The van der Waals surface area contributed by atoms with Crippen LogP contribution < -0.4 is 14.8 Å². The van der Waals surface area contributed by atoms with Crippen LogP contribution in [0.15, 0.2) is 60.8 Å². The Balaban J connectivity index is 1.89. The molecule has 3 aromatic rings. The van der Waals surface area contributed by atoms with Crippen molar-refractivity contribution in [1.82, 2.24) is 4.98 Å². The molecule has 0 saturated heterocycles. The smallest absolute Gasteiger partial charge is 0.354 e. The lowest BCUT2D eigenvalue weighted by atomic mass is 9.86. The lowest BCUT2D eigenvalue weighted by Crippen LogP contribution is -2.16. The Morgan fingerprint density at radius 1 is 1.03 bits per heavy atom. The SMILES string of the molecule is CC(C)(C)c1ccc(C(=O)Nc2ccc(C(=O)O)nc2)c(Oc2ccc(OCF)cc2)c1. The molecule has 1 aromatic heterocycles. The average molecular weight is 438 g/mol. The molecule has 0 fully saturated rings. The van der Waals surface area contributed by atoms with E-state index >= 15 is 0 Å². The number of hydrogen-bond donors (Lipinski definition) is 2. The Hall–Kier alpha value is -3.94. The van der Waals surface area contributed by atoms with E-state index in [0.717, 1.165) is 5.56 Å². The third kappa shape index (κ3) is 5.60. The van der Waals surface area contributed by atoms with Gasteiger partial charge in [0.05, 0.1) is 17.4 Å². The molecule has 0 unspecified atom stereocenters. The van der Waals surface area contributed by atoms with Crippen molar-refractivity contribution in [2.45, 2.75) is 26.2 Å². The maximum Gasteiger partial charge on any atom is 0.354 e. The van der Waals surface area contributed by atoms with Crippen LogP contribution in [0.5, 0.6) is 17.2 Å². The van der Waals surface area contributed by atoms with Gasteiger partial charge in [-0.1, -0.05) is 26.8 Å². The van der Waals surface area contributed by atoms with Crippen molar-refractivity contribution in [1.29, 1.82) is 0 Å². The number of pyridine rings is 1. The molecule has 0 aliphatic carbocycles. The van der Waals surface area contributed by atoms with Gasteiger partial charge in [-0.15, -0.1) is 0 Å². The zero-order valence-electron chi connectivity index (χ0n) is 17.9. The number of hydrogen-bond acceptors (Lipinski definition) is 5. The van der Waals surface area contributed by atoms with Crippen molar-refractivity contribution in [3.8, 4) is 17.2 Å². The molecular weight excluding hydrogens is 415 g/mol. The number of ether oxygens (including phenoxy) is 2. The van der Waals surface area contributed by atoms with Crippen LogP contribution >= 0.6 is 0 Å². The van der Waals surface area contributed by atoms with Gasteiger partial charge in [-0.3, -0.25) is 4.79 Å². The van der Waals surface area contributed by atoms with Crippen LogP contribution in [0, 0.1) is 0 Å². The number of carboxylic acid groups (broad SMARTS) is 1. The molecule has 0 spiro atoms. The molecule has 8 heteroatoms. The number of nitrogens with zero attached hydrogens (tertiary/aromatic N) is 1. The molecule has 2 N–H and O–H groups in total. The summed E-state index contributed by atoms with van der Waals surface area (Å²) in [7, 11) is 0. The fraction of sp³-hybridized carbons (Fsp3) is 0.208. The first-order valence-electron chi connectivity index (χ1n) is 9.79. The Morgan fingerprint density at radius 2 is 1.72 bits per heavy atom. The average Bonchev–Trinajstić information content (AvgIpc) is 2.75. The van der Waals surface area contributed by atoms with Gasteiger partial charge < -0.3 is 19.9 Å². The summed E-state index contributed by atoms with van der Waals surface area (Å²) in [6.45, 7) is 5.21. The number of carbonyl (C=O) groups is 2. The van der Waals surface area contributed by atoms with E-state index in [1.165, 1.54) is 18.3 Å². The second kappa shape index (κ2) is 9.47. The van der Waals surface area contributed by atoms with Crippen molar-refractivity contribution in [2.24, 2.45) is 0 Å². The predicted octanol–water partition coefficient (Wildman–Crippen LogP) is 5.43. The number of nitrogens with one attached hydrogen (secondary N) is 1. The Kier molecular flexibility index (Phi) is 6.73. The van der Waals surface area contributed by atoms with E-state index in [-0.39, 0.29) is 16.7 Å². The summed E-state index contributed by atoms with van der Waals surface area (Å²) in [5, 5.41) is 11.7. The number of benzene rings is 2. The quantitative estimate of drug-likeness (QED) is 0.511. The van der Waals surface area contributed by atoms with E-state index in [2.05, 4.69) is 10.3 Å². The second-order valence-electron chi connectivity index (χ2n) is 7.98. The zero-order valence-corrected chi connectivity index (χ0v) is 17.9. The molecule has 2 aromatic carbocycles. The van der Waals surface area contributed by atoms with E-state index in [1.54, 1.807) is 36.4 Å². The van der Waals surface area contributed by atoms with Gasteiger partial charge in [0, 0.05) is 0 Å². The minimum atomic E-state index is -1.15. The zero-order chi connectivity index (χ0) is 23.3. The lowest BCUT2D eigenvalue weighted by molar-refractivity contribution is 0.0690. The third-order valence-electron chi connectivity index (χ3n) is 4.61. The summed E-state index contributed by atoms with van der Waals surface area (Å²) in [5.41, 5.74) is 1.29. The molecule has 0 atom stereocenters. The van der Waals surface area contributed by atoms with Crippen LogP contribution in [0.2, 0.25) is 0 Å². The standard InChI is InChI=1S/C24H23FN2O5/c1-24(2,3)15-4-10-19(22(28)27-16-5-11-20(23(29)30)26-13-16)21(12-15)32-18-8-6-17(7-9-18)31-14-25/h4-13H,14H2,1-3H3,(H,27,28)(H,29,30). The summed E-state index contributed by atoms with van der Waals surface area (Å²) >= 11 is 0. The van der Waals surface area contributed by atoms with Gasteiger partial charge in [0.25, 0.3) is 5.91 Å². The van der Waals surface area contributed by atoms with Crippen LogP contribution in [0.1, 0.15) is 47.2 Å². The van der Waals surface area contributed by atoms with E-state index in [9.17, 15) is 14.0 Å². The van der Waals surface area contributed by atoms with Crippen LogP contribution in [-0.4, -0.2) is 28.8 Å². The number of carboxylic acids is 1. The van der Waals surface area contributed by atoms with Crippen molar-refractivity contribution >= 4 is 17.6 Å². The highest BCUT2D eigenvalue weighted by atomic mass is 19.1. The van der Waals surface area contributed by atoms with Crippen molar-refractivity contribution in [2.75, 3.05) is 12.2 Å². The highest BCUT2D eigenvalue weighted by Crippen LogP contribution is 2.32. The molecule has 32 heavy (non-hydrogen) atoms. The van der Waals surface area contributed by atoms with E-state index in [1.807, 2.05) is 26.8 Å². The molecule has 0 radical (unpaired) electrons. The van der Waals surface area contributed by atoms with Crippen LogP contribution in [0.3, 0.4) is 0 Å². The lowest BCUT2D eigenvalue weighted by Gasteiger charge is -2.21. The van der Waals surface area contributed by atoms with Gasteiger partial charge in [0.2, 0.25) is 6.86 Å². The number of carbonyl (C=O) groups excluding carboxylic acids is 1. The van der Waals surface area contributed by atoms with E-state index in [4.69, 9.17) is 14.6 Å². The minimum absolute atomic E-state index is 0.123. The number of aromatic nitrogens is 1. The second-order valence-corrected chi connectivity index (χ2v) is 7.98. The predicted molar refractivity (Wildman–Crippen MR) is 117 cm³/mol. The Morgan fingerprint density at radius 3 is 2.28 bits per heavy atom. The van der Waals surface area contributed by atoms with Crippen LogP contribution in [-0.2, 0) is 5.41 Å². The van der Waals surface area contributed by atoms with Gasteiger partial charge in [-0.2, -0.15) is 0 Å². The monoisotopic (exact) mass is 438 g/mol. The van der Waals surface area contributed by atoms with Crippen molar-refractivity contribution in [3.63, 3.8) is 0 Å². The van der Waals surface area contributed by atoms with Gasteiger partial charge in [0.15, 0.2) is 0 Å². The largest absolute Gasteiger partial charge is 0.477 e. The molecule has 0 aliphatic heterocycles. The maximum atomic E-state index is 12.9. The highest BCUT2D eigenvalue weighted by Gasteiger charge is 2.20. The van der Waals surface area contributed by atoms with Crippen molar-refractivity contribution < 1.29 is 28.6 Å². The third-order valence-corrected chi connectivity index (χ3v) is 4.61.